The molecule has 0 spiro atoms. The van der Waals surface area contributed by atoms with E-state index < -0.39 is 0 Å². The molecule has 0 N–H and O–H groups in total. The van der Waals surface area contributed by atoms with E-state index >= 15 is 0 Å². The summed E-state index contributed by atoms with van der Waals surface area (Å²) in [5.74, 6) is 1.43. The molecule has 2 atom stereocenters. The molecule has 0 unspecified atom stereocenters. The lowest BCUT2D eigenvalue weighted by atomic mass is 10.1. The number of nitrogens with zero attached hydrogens (tertiary/aromatic N) is 2. The second-order valence-corrected chi connectivity index (χ2v) is 5.40. The molecule has 20 heavy (non-hydrogen) atoms. The van der Waals surface area contributed by atoms with E-state index in [1.54, 1.807) is 0 Å². The van der Waals surface area contributed by atoms with Crippen molar-refractivity contribution in [1.29, 1.82) is 0 Å². The first-order valence-electron chi connectivity index (χ1n) is 7.33. The van der Waals surface area contributed by atoms with Crippen LogP contribution in [0.1, 0.15) is 49.6 Å². The highest BCUT2D eigenvalue weighted by Crippen LogP contribution is 2.31. The van der Waals surface area contributed by atoms with Gasteiger partial charge in [-0.15, -0.1) is 0 Å². The third-order valence-corrected chi connectivity index (χ3v) is 3.70. The number of benzene rings is 1. The summed E-state index contributed by atoms with van der Waals surface area (Å²) in [5, 5.41) is 4.05. The molecule has 106 valence electrons. The van der Waals surface area contributed by atoms with Crippen LogP contribution in [0.4, 0.5) is 0 Å². The Morgan fingerprint density at radius 2 is 2.00 bits per heavy atom. The molecular weight excluding hydrogens is 252 g/mol. The van der Waals surface area contributed by atoms with Crippen molar-refractivity contribution in [1.82, 2.24) is 10.1 Å². The molecule has 4 nitrogen and oxygen atoms in total. The summed E-state index contributed by atoms with van der Waals surface area (Å²) in [7, 11) is 0. The molecule has 0 saturated carbocycles. The Balaban J connectivity index is 1.50. The molecule has 1 saturated heterocycles. The maximum Gasteiger partial charge on any atom is 0.255 e. The van der Waals surface area contributed by atoms with Crippen molar-refractivity contribution in [3.8, 4) is 0 Å². The monoisotopic (exact) mass is 272 g/mol. The third kappa shape index (κ3) is 3.25. The zero-order valence-electron chi connectivity index (χ0n) is 11.8. The molecular formula is C16H20N2O2. The fraction of sp³-hybridized carbons (Fsp3) is 0.500. The van der Waals surface area contributed by atoms with Crippen molar-refractivity contribution in [3.05, 3.63) is 47.6 Å². The zero-order chi connectivity index (χ0) is 13.8. The van der Waals surface area contributed by atoms with E-state index in [9.17, 15) is 0 Å². The van der Waals surface area contributed by atoms with Crippen LogP contribution in [-0.2, 0) is 17.6 Å². The zero-order valence-corrected chi connectivity index (χ0v) is 11.8. The molecule has 0 amide bonds. The van der Waals surface area contributed by atoms with Gasteiger partial charge in [0.1, 0.15) is 6.10 Å². The first-order chi connectivity index (χ1) is 9.81. The van der Waals surface area contributed by atoms with Crippen LogP contribution < -0.4 is 0 Å². The van der Waals surface area contributed by atoms with E-state index in [-0.39, 0.29) is 6.10 Å². The normalized spacial score (nSPS) is 22.2. The van der Waals surface area contributed by atoms with Gasteiger partial charge < -0.3 is 9.26 Å². The molecule has 1 aromatic heterocycles. The van der Waals surface area contributed by atoms with Crippen molar-refractivity contribution in [2.45, 2.75) is 51.2 Å². The van der Waals surface area contributed by atoms with E-state index in [1.807, 2.05) is 6.07 Å². The standard InChI is InChI=1S/C16H20N2O2/c1-12-10-11-14(19-12)16-17-15(18-20-16)9-5-8-13-6-3-2-4-7-13/h2-4,6-7,12,14H,5,8-11H2,1H3/t12-,14-/m1/s1. The van der Waals surface area contributed by atoms with Gasteiger partial charge in [0.15, 0.2) is 5.82 Å². The maximum atomic E-state index is 5.74. The Morgan fingerprint density at radius 1 is 1.15 bits per heavy atom. The smallest absolute Gasteiger partial charge is 0.255 e. The summed E-state index contributed by atoms with van der Waals surface area (Å²) in [6.45, 7) is 2.08. The van der Waals surface area contributed by atoms with Crippen LogP contribution in [0.2, 0.25) is 0 Å². The first-order valence-corrected chi connectivity index (χ1v) is 7.33. The molecule has 4 heteroatoms. The minimum Gasteiger partial charge on any atom is -0.365 e. The summed E-state index contributed by atoms with van der Waals surface area (Å²) < 4.78 is 11.1. The number of rotatable bonds is 5. The van der Waals surface area contributed by atoms with Crippen LogP contribution in [0.5, 0.6) is 0 Å². The van der Waals surface area contributed by atoms with Gasteiger partial charge in [-0.2, -0.15) is 4.98 Å². The van der Waals surface area contributed by atoms with Crippen LogP contribution in [0.3, 0.4) is 0 Å². The van der Waals surface area contributed by atoms with Crippen molar-refractivity contribution in [3.63, 3.8) is 0 Å². The van der Waals surface area contributed by atoms with Gasteiger partial charge in [0, 0.05) is 6.42 Å². The minimum atomic E-state index is 0.000346. The van der Waals surface area contributed by atoms with Crippen LogP contribution in [-0.4, -0.2) is 16.2 Å². The lowest BCUT2D eigenvalue weighted by Gasteiger charge is -2.04. The van der Waals surface area contributed by atoms with Crippen molar-refractivity contribution >= 4 is 0 Å². The lowest BCUT2D eigenvalue weighted by molar-refractivity contribution is 0.0355. The summed E-state index contributed by atoms with van der Waals surface area (Å²) in [6.07, 6.45) is 5.27. The van der Waals surface area contributed by atoms with E-state index in [0.717, 1.165) is 37.9 Å². The Hall–Kier alpha value is -1.68. The van der Waals surface area contributed by atoms with Crippen molar-refractivity contribution in [2.75, 3.05) is 0 Å². The molecule has 0 radical (unpaired) electrons. The molecule has 2 aromatic rings. The summed E-state index contributed by atoms with van der Waals surface area (Å²) >= 11 is 0. The van der Waals surface area contributed by atoms with Gasteiger partial charge in [-0.1, -0.05) is 35.5 Å². The Labute approximate surface area is 119 Å². The molecule has 1 fully saturated rings. The highest BCUT2D eigenvalue weighted by molar-refractivity contribution is 5.14. The van der Waals surface area contributed by atoms with E-state index in [2.05, 4.69) is 41.3 Å². The summed E-state index contributed by atoms with van der Waals surface area (Å²) in [4.78, 5) is 4.46. The average molecular weight is 272 g/mol. The van der Waals surface area contributed by atoms with E-state index in [4.69, 9.17) is 9.26 Å². The molecule has 1 aliphatic heterocycles. The number of hydrogen-bond acceptors (Lipinski definition) is 4. The van der Waals surface area contributed by atoms with E-state index in [1.165, 1.54) is 5.56 Å². The largest absolute Gasteiger partial charge is 0.365 e. The Bertz CT molecular complexity index is 538. The van der Waals surface area contributed by atoms with Gasteiger partial charge in [-0.25, -0.2) is 0 Å². The fourth-order valence-corrected chi connectivity index (χ4v) is 2.58. The number of ether oxygens (including phenoxy) is 1. The Kier molecular flexibility index (Phi) is 4.11. The SMILES string of the molecule is C[C@@H]1CC[C@H](c2nc(CCCc3ccccc3)no2)O1. The molecule has 0 bridgehead atoms. The maximum absolute atomic E-state index is 5.74. The quantitative estimate of drug-likeness (QED) is 0.836. The lowest BCUT2D eigenvalue weighted by Crippen LogP contribution is -2.01. The molecule has 0 aliphatic carbocycles. The predicted molar refractivity (Wildman–Crippen MR) is 75.3 cm³/mol. The van der Waals surface area contributed by atoms with Crippen molar-refractivity contribution < 1.29 is 9.26 Å². The van der Waals surface area contributed by atoms with Crippen LogP contribution in [0, 0.1) is 0 Å². The predicted octanol–water partition coefficient (Wildman–Crippen LogP) is 3.48. The van der Waals surface area contributed by atoms with Crippen molar-refractivity contribution in [2.24, 2.45) is 0 Å². The second-order valence-electron chi connectivity index (χ2n) is 5.40. The second kappa shape index (κ2) is 6.18. The van der Waals surface area contributed by atoms with Gasteiger partial charge >= 0.3 is 0 Å². The van der Waals surface area contributed by atoms with Gasteiger partial charge in [-0.3, -0.25) is 0 Å². The van der Waals surface area contributed by atoms with Crippen LogP contribution >= 0.6 is 0 Å². The van der Waals surface area contributed by atoms with Gasteiger partial charge in [0.2, 0.25) is 0 Å². The first kappa shape index (κ1) is 13.3. The number of aryl methyl sites for hydroxylation is 2. The van der Waals surface area contributed by atoms with Gasteiger partial charge in [-0.05, 0) is 38.2 Å². The third-order valence-electron chi connectivity index (χ3n) is 3.70. The number of aromatic nitrogens is 2. The highest BCUT2D eigenvalue weighted by Gasteiger charge is 2.28. The summed E-state index contributed by atoms with van der Waals surface area (Å²) in [6, 6.07) is 10.5. The topological polar surface area (TPSA) is 48.2 Å². The molecule has 3 rings (SSSR count). The number of hydrogen-bond donors (Lipinski definition) is 0. The minimum absolute atomic E-state index is 0.000346. The molecule has 1 aromatic carbocycles. The van der Waals surface area contributed by atoms with Gasteiger partial charge in [0.05, 0.1) is 6.10 Å². The molecule has 1 aliphatic rings. The Morgan fingerprint density at radius 3 is 2.75 bits per heavy atom. The van der Waals surface area contributed by atoms with E-state index in [0.29, 0.717) is 12.0 Å². The summed E-state index contributed by atoms with van der Waals surface area (Å²) in [5.41, 5.74) is 1.35. The van der Waals surface area contributed by atoms with Gasteiger partial charge in [0.25, 0.3) is 5.89 Å². The van der Waals surface area contributed by atoms with Crippen LogP contribution in [0.15, 0.2) is 34.9 Å². The highest BCUT2D eigenvalue weighted by atomic mass is 16.5. The molecule has 2 heterocycles. The fourth-order valence-electron chi connectivity index (χ4n) is 2.58. The van der Waals surface area contributed by atoms with Crippen LogP contribution in [0.25, 0.3) is 0 Å². The average Bonchev–Trinajstić information content (AvgIpc) is 3.09.